The van der Waals surface area contributed by atoms with Gasteiger partial charge in [0.25, 0.3) is 0 Å². The zero-order valence-corrected chi connectivity index (χ0v) is 12.1. The van der Waals surface area contributed by atoms with Crippen LogP contribution in [0.3, 0.4) is 0 Å². The number of aromatic nitrogens is 1. The molecule has 0 atom stereocenters. The number of nitrogens with one attached hydrogen (secondary N) is 1. The third kappa shape index (κ3) is 2.58. The van der Waals surface area contributed by atoms with Gasteiger partial charge in [0.2, 0.25) is 0 Å². The Labute approximate surface area is 127 Å². The van der Waals surface area contributed by atoms with E-state index in [0.717, 1.165) is 16.3 Å². The molecule has 1 heterocycles. The molecule has 0 radical (unpaired) electrons. The molecule has 3 aromatic rings. The van der Waals surface area contributed by atoms with Gasteiger partial charge >= 0.3 is 0 Å². The van der Waals surface area contributed by atoms with Crippen molar-refractivity contribution in [2.75, 3.05) is 11.1 Å². The van der Waals surface area contributed by atoms with Gasteiger partial charge in [-0.2, -0.15) is 0 Å². The van der Waals surface area contributed by atoms with Crippen molar-refractivity contribution >= 4 is 39.6 Å². The summed E-state index contributed by atoms with van der Waals surface area (Å²) < 4.78 is 0. The highest BCUT2D eigenvalue weighted by atomic mass is 35.5. The van der Waals surface area contributed by atoms with E-state index in [0.29, 0.717) is 22.2 Å². The fraction of sp³-hybridized carbons (Fsp3) is 0.0625. The molecule has 106 valence electrons. The second kappa shape index (κ2) is 5.14. The molecule has 5 heteroatoms. The van der Waals surface area contributed by atoms with Crippen molar-refractivity contribution in [3.8, 4) is 5.75 Å². The average molecular weight is 300 g/mol. The van der Waals surface area contributed by atoms with Crippen molar-refractivity contribution in [3.63, 3.8) is 0 Å². The first-order valence-corrected chi connectivity index (χ1v) is 6.83. The molecule has 0 aliphatic carbocycles. The number of halogens is 1. The Bertz CT molecular complexity index is 833. The summed E-state index contributed by atoms with van der Waals surface area (Å²) in [6.45, 7) is 1.98. The molecule has 4 N–H and O–H groups in total. The number of phenols is 1. The summed E-state index contributed by atoms with van der Waals surface area (Å²) in [5.41, 5.74) is 8.30. The topological polar surface area (TPSA) is 71.2 Å². The standard InChI is InChI=1S/C16H14ClN3O/c1-9-6-12-11(13(18)7-9)4-5-19-16(12)20-14-8-10(17)2-3-15(14)21/h2-8,21H,18H2,1H3,(H,19,20). The summed E-state index contributed by atoms with van der Waals surface area (Å²) in [4.78, 5) is 4.33. The van der Waals surface area contributed by atoms with Crippen LogP contribution in [0.5, 0.6) is 5.75 Å². The third-order valence-electron chi connectivity index (χ3n) is 3.27. The van der Waals surface area contributed by atoms with Crippen molar-refractivity contribution in [2.24, 2.45) is 0 Å². The number of rotatable bonds is 2. The largest absolute Gasteiger partial charge is 0.506 e. The number of nitrogens with two attached hydrogens (primary N) is 1. The zero-order chi connectivity index (χ0) is 15.0. The fourth-order valence-electron chi connectivity index (χ4n) is 2.30. The second-order valence-corrected chi connectivity index (χ2v) is 5.33. The molecule has 2 aromatic carbocycles. The van der Waals surface area contributed by atoms with E-state index in [1.807, 2.05) is 25.1 Å². The highest BCUT2D eigenvalue weighted by Crippen LogP contribution is 2.33. The number of hydrogen-bond donors (Lipinski definition) is 3. The lowest BCUT2D eigenvalue weighted by molar-refractivity contribution is 0.478. The Morgan fingerprint density at radius 3 is 2.76 bits per heavy atom. The van der Waals surface area contributed by atoms with Gasteiger partial charge in [0.05, 0.1) is 5.69 Å². The Morgan fingerprint density at radius 2 is 1.95 bits per heavy atom. The van der Waals surface area contributed by atoms with E-state index in [-0.39, 0.29) is 5.75 Å². The minimum absolute atomic E-state index is 0.110. The predicted molar refractivity (Wildman–Crippen MR) is 87.3 cm³/mol. The van der Waals surface area contributed by atoms with Crippen LogP contribution >= 0.6 is 11.6 Å². The molecular weight excluding hydrogens is 286 g/mol. The number of anilines is 3. The molecule has 4 nitrogen and oxygen atoms in total. The number of nitrogens with zero attached hydrogens (tertiary/aromatic N) is 1. The second-order valence-electron chi connectivity index (χ2n) is 4.90. The lowest BCUT2D eigenvalue weighted by Crippen LogP contribution is -1.97. The SMILES string of the molecule is Cc1cc(N)c2ccnc(Nc3cc(Cl)ccc3O)c2c1. The van der Waals surface area contributed by atoms with Gasteiger partial charge in [-0.15, -0.1) is 0 Å². The molecule has 0 aliphatic rings. The van der Waals surface area contributed by atoms with Crippen molar-refractivity contribution < 1.29 is 5.11 Å². The van der Waals surface area contributed by atoms with E-state index in [4.69, 9.17) is 17.3 Å². The molecule has 3 rings (SSSR count). The average Bonchev–Trinajstić information content (AvgIpc) is 2.43. The van der Waals surface area contributed by atoms with Crippen LogP contribution in [-0.4, -0.2) is 10.1 Å². The van der Waals surface area contributed by atoms with E-state index in [1.54, 1.807) is 18.3 Å². The van der Waals surface area contributed by atoms with E-state index in [1.165, 1.54) is 6.07 Å². The van der Waals surface area contributed by atoms with E-state index < -0.39 is 0 Å². The van der Waals surface area contributed by atoms with Gasteiger partial charge in [0.15, 0.2) is 0 Å². The molecule has 0 fully saturated rings. The smallest absolute Gasteiger partial charge is 0.139 e. The molecule has 0 unspecified atom stereocenters. The number of aryl methyl sites for hydroxylation is 1. The number of phenolic OH excluding ortho intramolecular Hbond substituents is 1. The Kier molecular flexibility index (Phi) is 3.31. The molecule has 0 bridgehead atoms. The van der Waals surface area contributed by atoms with Crippen molar-refractivity contribution in [1.82, 2.24) is 4.98 Å². The lowest BCUT2D eigenvalue weighted by Gasteiger charge is -2.12. The van der Waals surface area contributed by atoms with Crippen LogP contribution < -0.4 is 11.1 Å². The van der Waals surface area contributed by atoms with E-state index in [9.17, 15) is 5.11 Å². The van der Waals surface area contributed by atoms with Gasteiger partial charge in [-0.25, -0.2) is 4.98 Å². The number of hydrogen-bond acceptors (Lipinski definition) is 4. The molecule has 21 heavy (non-hydrogen) atoms. The monoisotopic (exact) mass is 299 g/mol. The van der Waals surface area contributed by atoms with Crippen LogP contribution in [0.2, 0.25) is 5.02 Å². The van der Waals surface area contributed by atoms with Gasteiger partial charge < -0.3 is 16.2 Å². The Hall–Kier alpha value is -2.46. The maximum absolute atomic E-state index is 9.90. The quantitative estimate of drug-likeness (QED) is 0.489. The summed E-state index contributed by atoms with van der Waals surface area (Å²) >= 11 is 5.96. The summed E-state index contributed by atoms with van der Waals surface area (Å²) in [6, 6.07) is 10.6. The summed E-state index contributed by atoms with van der Waals surface area (Å²) in [6.07, 6.45) is 1.68. The maximum Gasteiger partial charge on any atom is 0.139 e. The van der Waals surface area contributed by atoms with Crippen molar-refractivity contribution in [2.45, 2.75) is 6.92 Å². The van der Waals surface area contributed by atoms with E-state index >= 15 is 0 Å². The molecule has 0 aliphatic heterocycles. The van der Waals surface area contributed by atoms with Gasteiger partial charge in [0, 0.05) is 27.7 Å². The summed E-state index contributed by atoms with van der Waals surface area (Å²) in [7, 11) is 0. The highest BCUT2D eigenvalue weighted by molar-refractivity contribution is 6.31. The van der Waals surface area contributed by atoms with Crippen molar-refractivity contribution in [3.05, 3.63) is 53.2 Å². The van der Waals surface area contributed by atoms with E-state index in [2.05, 4.69) is 10.3 Å². The van der Waals surface area contributed by atoms with Crippen LogP contribution in [0.15, 0.2) is 42.6 Å². The van der Waals surface area contributed by atoms with Gasteiger partial charge in [-0.1, -0.05) is 11.6 Å². The van der Waals surface area contributed by atoms with Crippen molar-refractivity contribution in [1.29, 1.82) is 0 Å². The number of benzene rings is 2. The number of nitrogen functional groups attached to an aromatic ring is 1. The fourth-order valence-corrected chi connectivity index (χ4v) is 2.47. The van der Waals surface area contributed by atoms with Crippen LogP contribution in [0, 0.1) is 6.92 Å². The predicted octanol–water partition coefficient (Wildman–Crippen LogP) is 4.23. The summed E-state index contributed by atoms with van der Waals surface area (Å²) in [5.74, 6) is 0.735. The third-order valence-corrected chi connectivity index (χ3v) is 3.50. The van der Waals surface area contributed by atoms with Crippen LogP contribution in [0.4, 0.5) is 17.2 Å². The minimum Gasteiger partial charge on any atom is -0.506 e. The molecule has 0 saturated carbocycles. The first-order chi connectivity index (χ1) is 10.0. The lowest BCUT2D eigenvalue weighted by atomic mass is 10.1. The first-order valence-electron chi connectivity index (χ1n) is 6.45. The normalized spacial score (nSPS) is 10.8. The Morgan fingerprint density at radius 1 is 1.14 bits per heavy atom. The number of fused-ring (bicyclic) bond motifs is 1. The van der Waals surface area contributed by atoms with Gasteiger partial charge in [-0.3, -0.25) is 0 Å². The zero-order valence-electron chi connectivity index (χ0n) is 11.4. The molecule has 1 aromatic heterocycles. The minimum atomic E-state index is 0.110. The first kappa shape index (κ1) is 13.5. The van der Waals surface area contributed by atoms with Gasteiger partial charge in [0.1, 0.15) is 11.6 Å². The van der Waals surface area contributed by atoms with Crippen LogP contribution in [0.1, 0.15) is 5.56 Å². The maximum atomic E-state index is 9.90. The highest BCUT2D eigenvalue weighted by Gasteiger charge is 2.09. The van der Waals surface area contributed by atoms with Crippen LogP contribution in [0.25, 0.3) is 10.8 Å². The van der Waals surface area contributed by atoms with Crippen LogP contribution in [-0.2, 0) is 0 Å². The molecule has 0 spiro atoms. The molecular formula is C16H14ClN3O. The Balaban J connectivity index is 2.15. The molecule has 0 saturated heterocycles. The molecule has 0 amide bonds. The number of aromatic hydroxyl groups is 1. The van der Waals surface area contributed by atoms with Gasteiger partial charge in [-0.05, 0) is 48.9 Å². The number of pyridine rings is 1. The summed E-state index contributed by atoms with van der Waals surface area (Å²) in [5, 5.41) is 15.4.